The zero-order valence-corrected chi connectivity index (χ0v) is 18.4. The topological polar surface area (TPSA) is 93.1 Å². The average molecular weight is 378 g/mol. The molecule has 1 aliphatic rings. The van der Waals surface area contributed by atoms with Crippen molar-refractivity contribution < 1.29 is 54.1 Å². The van der Waals surface area contributed by atoms with Crippen LogP contribution in [0, 0.1) is 0 Å². The normalized spacial score (nSPS) is 17.2. The minimum Gasteiger partial charge on any atom is -0.548 e. The Bertz CT molecular complexity index is 447. The zero-order chi connectivity index (χ0) is 18.7. The Morgan fingerprint density at radius 1 is 1.19 bits per heavy atom. The minimum absolute atomic E-state index is 0. The third-order valence-corrected chi connectivity index (χ3v) is 4.47. The standard InChI is InChI=1S/C18H32N2O5.Na/c1-3-4-5-6-7-8-16-19(12-14-25-13-9-17(21)22)10-11-20(16)15(2)18(23)24;/h10-11,15-16H,3-9,12-14H2,1-2H3,(H,21,22)(H,23,24);/q;+1/p-1. The van der Waals surface area contributed by atoms with Gasteiger partial charge < -0.3 is 29.5 Å². The summed E-state index contributed by atoms with van der Waals surface area (Å²) in [5.74, 6) is -1.96. The van der Waals surface area contributed by atoms with Gasteiger partial charge in [0.1, 0.15) is 6.17 Å². The molecule has 2 atom stereocenters. The van der Waals surface area contributed by atoms with E-state index in [1.165, 1.54) is 19.3 Å². The quantitative estimate of drug-likeness (QED) is 0.287. The number of hydrogen-bond donors (Lipinski definition) is 1. The van der Waals surface area contributed by atoms with E-state index in [1.54, 1.807) is 13.1 Å². The summed E-state index contributed by atoms with van der Waals surface area (Å²) in [4.78, 5) is 25.6. The summed E-state index contributed by atoms with van der Waals surface area (Å²) in [6, 6.07) is -0.685. The number of unbranched alkanes of at least 4 members (excludes halogenated alkanes) is 4. The van der Waals surface area contributed by atoms with Crippen LogP contribution in [0.5, 0.6) is 0 Å². The first-order valence-corrected chi connectivity index (χ1v) is 9.19. The second-order valence-electron chi connectivity index (χ2n) is 6.42. The van der Waals surface area contributed by atoms with Gasteiger partial charge >= 0.3 is 35.5 Å². The monoisotopic (exact) mass is 378 g/mol. The second kappa shape index (κ2) is 14.3. The van der Waals surface area contributed by atoms with Gasteiger partial charge in [0.2, 0.25) is 0 Å². The van der Waals surface area contributed by atoms with Gasteiger partial charge in [-0.15, -0.1) is 0 Å². The Hall–Kier alpha value is -0.760. The fourth-order valence-corrected chi connectivity index (χ4v) is 2.94. The Labute approximate surface area is 178 Å². The smallest absolute Gasteiger partial charge is 0.548 e. The van der Waals surface area contributed by atoms with Crippen molar-refractivity contribution in [1.82, 2.24) is 9.80 Å². The van der Waals surface area contributed by atoms with E-state index in [9.17, 15) is 14.7 Å². The summed E-state index contributed by atoms with van der Waals surface area (Å²) in [6.45, 7) is 5.02. The van der Waals surface area contributed by atoms with E-state index in [0.717, 1.165) is 19.3 Å². The molecule has 0 fully saturated rings. The van der Waals surface area contributed by atoms with Crippen molar-refractivity contribution in [2.45, 2.75) is 71.0 Å². The van der Waals surface area contributed by atoms with E-state index in [0.29, 0.717) is 13.2 Å². The number of rotatable bonds is 14. The van der Waals surface area contributed by atoms with Gasteiger partial charge in [-0.3, -0.25) is 4.79 Å². The van der Waals surface area contributed by atoms with E-state index in [4.69, 9.17) is 9.84 Å². The first kappa shape index (κ1) is 25.2. The van der Waals surface area contributed by atoms with Crippen LogP contribution >= 0.6 is 0 Å². The molecule has 0 saturated carbocycles. The van der Waals surface area contributed by atoms with Gasteiger partial charge in [-0.05, 0) is 19.8 Å². The molecule has 0 bridgehead atoms. The maximum atomic E-state index is 11.2. The number of carbonyl (C=O) groups is 2. The van der Waals surface area contributed by atoms with Crippen LogP contribution in [0.15, 0.2) is 12.4 Å². The van der Waals surface area contributed by atoms with Crippen LogP contribution in [0.25, 0.3) is 0 Å². The maximum absolute atomic E-state index is 11.2. The Kier molecular flexibility index (Phi) is 13.9. The van der Waals surface area contributed by atoms with Crippen molar-refractivity contribution >= 4 is 11.9 Å². The van der Waals surface area contributed by atoms with Crippen LogP contribution in [0.2, 0.25) is 0 Å². The fourth-order valence-electron chi connectivity index (χ4n) is 2.94. The maximum Gasteiger partial charge on any atom is 1.00 e. The first-order chi connectivity index (χ1) is 12.0. The summed E-state index contributed by atoms with van der Waals surface area (Å²) in [7, 11) is 0. The molecule has 26 heavy (non-hydrogen) atoms. The third kappa shape index (κ3) is 9.26. The fraction of sp³-hybridized carbons (Fsp3) is 0.778. The summed E-state index contributed by atoms with van der Waals surface area (Å²) in [5.41, 5.74) is 0. The summed E-state index contributed by atoms with van der Waals surface area (Å²) < 4.78 is 5.35. The van der Waals surface area contributed by atoms with E-state index in [2.05, 4.69) is 11.8 Å². The van der Waals surface area contributed by atoms with E-state index in [1.807, 2.05) is 11.1 Å². The molecule has 8 heteroatoms. The van der Waals surface area contributed by atoms with Gasteiger partial charge in [-0.2, -0.15) is 0 Å². The van der Waals surface area contributed by atoms with E-state index >= 15 is 0 Å². The molecule has 0 aliphatic carbocycles. The zero-order valence-electron chi connectivity index (χ0n) is 16.4. The van der Waals surface area contributed by atoms with Crippen LogP contribution in [0.4, 0.5) is 0 Å². The molecule has 2 unspecified atom stereocenters. The predicted molar refractivity (Wildman–Crippen MR) is 92.4 cm³/mol. The van der Waals surface area contributed by atoms with Crippen molar-refractivity contribution in [3.8, 4) is 0 Å². The Morgan fingerprint density at radius 2 is 1.88 bits per heavy atom. The van der Waals surface area contributed by atoms with Crippen LogP contribution in [-0.4, -0.2) is 58.8 Å². The van der Waals surface area contributed by atoms with Gasteiger partial charge in [0, 0.05) is 18.9 Å². The Morgan fingerprint density at radius 3 is 2.50 bits per heavy atom. The molecular formula is C18H31N2NaO5. The molecule has 0 aromatic carbocycles. The van der Waals surface area contributed by atoms with Crippen molar-refractivity contribution in [3.05, 3.63) is 12.4 Å². The second-order valence-corrected chi connectivity index (χ2v) is 6.42. The van der Waals surface area contributed by atoms with Crippen molar-refractivity contribution in [3.63, 3.8) is 0 Å². The van der Waals surface area contributed by atoms with Gasteiger partial charge in [-0.1, -0.05) is 32.6 Å². The third-order valence-electron chi connectivity index (χ3n) is 4.47. The molecule has 0 aromatic heterocycles. The molecule has 144 valence electrons. The van der Waals surface area contributed by atoms with Crippen molar-refractivity contribution in [1.29, 1.82) is 0 Å². The van der Waals surface area contributed by atoms with Crippen LogP contribution in [0.3, 0.4) is 0 Å². The molecule has 0 spiro atoms. The first-order valence-electron chi connectivity index (χ1n) is 9.19. The molecule has 1 rings (SSSR count). The number of nitrogens with zero attached hydrogens (tertiary/aromatic N) is 2. The average Bonchev–Trinajstić information content (AvgIpc) is 2.96. The largest absolute Gasteiger partial charge is 1.00 e. The molecule has 0 amide bonds. The van der Waals surface area contributed by atoms with Crippen molar-refractivity contribution in [2.24, 2.45) is 0 Å². The molecule has 1 N–H and O–H groups in total. The Balaban J connectivity index is 0.00000625. The number of aliphatic carboxylic acids is 2. The van der Waals surface area contributed by atoms with Crippen LogP contribution in [-0.2, 0) is 14.3 Å². The number of ether oxygens (including phenoxy) is 1. The van der Waals surface area contributed by atoms with Gasteiger partial charge in [0.15, 0.2) is 0 Å². The molecule has 0 aromatic rings. The molecule has 1 aliphatic heterocycles. The van der Waals surface area contributed by atoms with E-state index in [-0.39, 0.29) is 48.8 Å². The molecular weight excluding hydrogens is 347 g/mol. The number of carboxylic acids is 2. The molecule has 7 nitrogen and oxygen atoms in total. The molecule has 0 radical (unpaired) electrons. The SMILES string of the molecule is CCCCCCCC1N(CCOCCC(=O)O)C=CN1C(C)C(=O)[O-].[Na+]. The van der Waals surface area contributed by atoms with E-state index < -0.39 is 18.0 Å². The van der Waals surface area contributed by atoms with Crippen LogP contribution in [0.1, 0.15) is 58.8 Å². The van der Waals surface area contributed by atoms with Gasteiger partial charge in [0.25, 0.3) is 0 Å². The number of carbonyl (C=O) groups excluding carboxylic acids is 1. The van der Waals surface area contributed by atoms with Crippen molar-refractivity contribution in [2.75, 3.05) is 19.8 Å². The van der Waals surface area contributed by atoms with Gasteiger partial charge in [0.05, 0.1) is 31.6 Å². The summed E-state index contributed by atoms with van der Waals surface area (Å²) in [5, 5.41) is 19.8. The molecule has 1 heterocycles. The van der Waals surface area contributed by atoms with Crippen LogP contribution < -0.4 is 34.7 Å². The van der Waals surface area contributed by atoms with Gasteiger partial charge in [-0.25, -0.2) is 0 Å². The summed E-state index contributed by atoms with van der Waals surface area (Å²) >= 11 is 0. The molecule has 0 saturated heterocycles. The number of hydrogen-bond acceptors (Lipinski definition) is 6. The summed E-state index contributed by atoms with van der Waals surface area (Å²) in [6.07, 6.45) is 10.3. The predicted octanol–water partition coefficient (Wildman–Crippen LogP) is -1.60. The number of carboxylic acid groups (broad SMARTS) is 2. The minimum atomic E-state index is -1.08.